The lowest BCUT2D eigenvalue weighted by Gasteiger charge is -2.70. The first-order chi connectivity index (χ1) is 15.9. The third-order valence-electron chi connectivity index (χ3n) is 9.98. The van der Waals surface area contributed by atoms with E-state index in [-0.39, 0.29) is 48.8 Å². The number of cyclic esters (lactones) is 1. The third-order valence-corrected chi connectivity index (χ3v) is 9.98. The number of esters is 2. The summed E-state index contributed by atoms with van der Waals surface area (Å²) in [5.74, 6) is -0.889. The maximum absolute atomic E-state index is 13.4. The van der Waals surface area contributed by atoms with Crippen molar-refractivity contribution in [2.75, 3.05) is 7.11 Å². The number of fused-ring (bicyclic) bond motifs is 3. The average Bonchev–Trinajstić information content (AvgIpc) is 3.30. The maximum Gasteiger partial charge on any atom is 0.309 e. The Morgan fingerprint density at radius 1 is 1.24 bits per heavy atom. The third kappa shape index (κ3) is 2.76. The zero-order valence-electron chi connectivity index (χ0n) is 20.6. The monoisotopic (exact) mass is 470 g/mol. The van der Waals surface area contributed by atoms with Crippen molar-refractivity contribution in [1.29, 1.82) is 0 Å². The Hall–Kier alpha value is -2.41. The molecule has 2 aliphatic carbocycles. The summed E-state index contributed by atoms with van der Waals surface area (Å²) < 4.78 is 23.2. The van der Waals surface area contributed by atoms with Crippen LogP contribution in [0.4, 0.5) is 0 Å². The van der Waals surface area contributed by atoms with Gasteiger partial charge in [0.1, 0.15) is 17.5 Å². The summed E-state index contributed by atoms with van der Waals surface area (Å²) in [4.78, 5) is 38.8. The van der Waals surface area contributed by atoms with Gasteiger partial charge in [-0.25, -0.2) is 0 Å². The minimum Gasteiger partial charge on any atom is -0.472 e. The SMILES string of the molecule is C=C1C2CC[C@@]3(C)[C@H](c4ccoc4)OC(=O)C[C@]13OC1CC(=O)C(C)(C)C(CC(=O)OC)[C@]12C. The highest BCUT2D eigenvalue weighted by Gasteiger charge is 2.73. The van der Waals surface area contributed by atoms with E-state index in [1.54, 1.807) is 12.5 Å². The molecule has 2 saturated carbocycles. The van der Waals surface area contributed by atoms with Crippen LogP contribution < -0.4 is 0 Å². The van der Waals surface area contributed by atoms with Crippen LogP contribution in [0.2, 0.25) is 0 Å². The lowest BCUT2D eigenvalue weighted by Crippen LogP contribution is -2.72. The summed E-state index contributed by atoms with van der Waals surface area (Å²) in [5, 5.41) is 0. The van der Waals surface area contributed by atoms with Crippen LogP contribution >= 0.6 is 0 Å². The summed E-state index contributed by atoms with van der Waals surface area (Å²) in [5.41, 5.74) is -1.05. The normalized spacial score (nSPS) is 42.9. The number of carbonyl (C=O) groups excluding carboxylic acids is 3. The number of hydrogen-bond acceptors (Lipinski definition) is 7. The minimum atomic E-state index is -0.949. The van der Waals surface area contributed by atoms with E-state index >= 15 is 0 Å². The summed E-state index contributed by atoms with van der Waals surface area (Å²) in [6.45, 7) is 12.6. The molecule has 7 atom stereocenters. The molecule has 0 radical (unpaired) electrons. The van der Waals surface area contributed by atoms with Gasteiger partial charge in [-0.05, 0) is 36.3 Å². The number of ketones is 1. The number of methoxy groups -OCH3 is 1. The van der Waals surface area contributed by atoms with Gasteiger partial charge < -0.3 is 18.6 Å². The van der Waals surface area contributed by atoms with E-state index in [0.717, 1.165) is 24.0 Å². The van der Waals surface area contributed by atoms with Crippen molar-refractivity contribution in [1.82, 2.24) is 0 Å². The van der Waals surface area contributed by atoms with Crippen LogP contribution in [0.5, 0.6) is 0 Å². The van der Waals surface area contributed by atoms with Gasteiger partial charge in [-0.3, -0.25) is 14.4 Å². The number of carbonyl (C=O) groups is 3. The molecule has 3 heterocycles. The number of ether oxygens (including phenoxy) is 3. The van der Waals surface area contributed by atoms with Gasteiger partial charge in [-0.2, -0.15) is 0 Å². The first kappa shape index (κ1) is 23.3. The molecule has 0 aromatic carbocycles. The first-order valence-corrected chi connectivity index (χ1v) is 12.1. The Kier molecular flexibility index (Phi) is 5.01. The highest BCUT2D eigenvalue weighted by molar-refractivity contribution is 5.87. The van der Waals surface area contributed by atoms with Gasteiger partial charge in [0.25, 0.3) is 0 Å². The van der Waals surface area contributed by atoms with E-state index in [0.29, 0.717) is 0 Å². The molecule has 7 nitrogen and oxygen atoms in total. The number of hydrogen-bond donors (Lipinski definition) is 0. The van der Waals surface area contributed by atoms with Gasteiger partial charge >= 0.3 is 11.9 Å². The van der Waals surface area contributed by atoms with Crippen molar-refractivity contribution in [3.63, 3.8) is 0 Å². The summed E-state index contributed by atoms with van der Waals surface area (Å²) in [6, 6.07) is 1.82. The molecule has 2 bridgehead atoms. The molecule has 0 N–H and O–H groups in total. The number of Topliss-reactive ketones (excluding diaryl/α,β-unsaturated/α-hetero) is 1. The second-order valence-electron chi connectivity index (χ2n) is 11.6. The van der Waals surface area contributed by atoms with Crippen molar-refractivity contribution in [3.05, 3.63) is 36.3 Å². The van der Waals surface area contributed by atoms with E-state index in [2.05, 4.69) is 20.4 Å². The smallest absolute Gasteiger partial charge is 0.309 e. The van der Waals surface area contributed by atoms with Crippen LogP contribution in [0.1, 0.15) is 71.5 Å². The average molecular weight is 471 g/mol. The van der Waals surface area contributed by atoms with Gasteiger partial charge in [0, 0.05) is 34.7 Å². The van der Waals surface area contributed by atoms with Crippen LogP contribution in [0.3, 0.4) is 0 Å². The summed E-state index contributed by atoms with van der Waals surface area (Å²) in [6.07, 6.45) is 4.23. The van der Waals surface area contributed by atoms with Crippen LogP contribution in [0.15, 0.2) is 35.2 Å². The van der Waals surface area contributed by atoms with Crippen LogP contribution in [-0.2, 0) is 28.6 Å². The standard InChI is InChI=1S/C27H34O7/c1-15-17-7-9-25(4)23(16-8-10-32-14-16)33-22(30)13-27(15,25)34-20-12-19(28)24(2,3)18(26(17,20)5)11-21(29)31-6/h8,10,14,17-18,20,23H,1,7,9,11-13H2,2-6H3/t17?,18?,20?,23-,25-,26+,27-/m0/s1. The van der Waals surface area contributed by atoms with Crippen molar-refractivity contribution >= 4 is 17.7 Å². The van der Waals surface area contributed by atoms with Crippen molar-refractivity contribution < 1.29 is 33.0 Å². The molecule has 1 aromatic rings. The highest BCUT2D eigenvalue weighted by Crippen LogP contribution is 2.71. The number of furan rings is 1. The second kappa shape index (κ2) is 7.30. The summed E-state index contributed by atoms with van der Waals surface area (Å²) in [7, 11) is 1.38. The Morgan fingerprint density at radius 2 is 1.97 bits per heavy atom. The molecule has 7 heteroatoms. The molecular formula is C27H34O7. The molecule has 1 spiro atoms. The first-order valence-electron chi connectivity index (χ1n) is 12.1. The zero-order chi connectivity index (χ0) is 24.7. The fourth-order valence-electron chi connectivity index (χ4n) is 7.88. The molecule has 184 valence electrons. The van der Waals surface area contributed by atoms with Crippen LogP contribution in [0, 0.1) is 28.1 Å². The Balaban J connectivity index is 1.63. The fourth-order valence-corrected chi connectivity index (χ4v) is 7.88. The largest absolute Gasteiger partial charge is 0.472 e. The van der Waals surface area contributed by atoms with Gasteiger partial charge in [0.15, 0.2) is 0 Å². The number of rotatable bonds is 3. The van der Waals surface area contributed by atoms with E-state index < -0.39 is 34.1 Å². The Bertz CT molecular complexity index is 1060. The van der Waals surface area contributed by atoms with Crippen molar-refractivity contribution in [2.45, 2.75) is 77.6 Å². The van der Waals surface area contributed by atoms with Gasteiger partial charge in [-0.1, -0.05) is 34.3 Å². The van der Waals surface area contributed by atoms with Crippen molar-refractivity contribution in [3.8, 4) is 0 Å². The lowest BCUT2D eigenvalue weighted by molar-refractivity contribution is -0.298. The lowest BCUT2D eigenvalue weighted by atomic mass is 9.41. The Morgan fingerprint density at radius 3 is 2.62 bits per heavy atom. The van der Waals surface area contributed by atoms with Crippen molar-refractivity contribution in [2.24, 2.45) is 28.1 Å². The Labute approximate surface area is 200 Å². The summed E-state index contributed by atoms with van der Waals surface area (Å²) >= 11 is 0. The predicted octanol–water partition coefficient (Wildman–Crippen LogP) is 4.56. The van der Waals surface area contributed by atoms with Gasteiger partial charge in [0.05, 0.1) is 32.2 Å². The van der Waals surface area contributed by atoms with E-state index in [4.69, 9.17) is 18.6 Å². The fraction of sp³-hybridized carbons (Fsp3) is 0.667. The highest BCUT2D eigenvalue weighted by atomic mass is 16.6. The second-order valence-corrected chi connectivity index (χ2v) is 11.6. The minimum absolute atomic E-state index is 0.00254. The van der Waals surface area contributed by atoms with Crippen LogP contribution in [0.25, 0.3) is 0 Å². The van der Waals surface area contributed by atoms with Gasteiger partial charge in [0.2, 0.25) is 0 Å². The van der Waals surface area contributed by atoms with Gasteiger partial charge in [-0.15, -0.1) is 0 Å². The molecule has 1 aromatic heterocycles. The molecule has 34 heavy (non-hydrogen) atoms. The maximum atomic E-state index is 13.4. The zero-order valence-corrected chi connectivity index (χ0v) is 20.6. The molecule has 4 aliphatic rings. The molecule has 5 rings (SSSR count). The van der Waals surface area contributed by atoms with E-state index in [1.807, 2.05) is 19.9 Å². The van der Waals surface area contributed by atoms with E-state index in [1.165, 1.54) is 7.11 Å². The van der Waals surface area contributed by atoms with E-state index in [9.17, 15) is 14.4 Å². The quantitative estimate of drug-likeness (QED) is 0.472. The molecule has 4 fully saturated rings. The molecular weight excluding hydrogens is 436 g/mol. The topological polar surface area (TPSA) is 92.0 Å². The molecule has 0 amide bonds. The predicted molar refractivity (Wildman–Crippen MR) is 121 cm³/mol. The van der Waals surface area contributed by atoms with Crippen LogP contribution in [-0.4, -0.2) is 36.5 Å². The molecule has 3 unspecified atom stereocenters. The molecule has 2 aliphatic heterocycles. The molecule has 2 saturated heterocycles.